The molecule has 1 aromatic heterocycles. The van der Waals surface area contributed by atoms with Crippen LogP contribution in [-0.4, -0.2) is 25.2 Å². The van der Waals surface area contributed by atoms with Gasteiger partial charge in [0.1, 0.15) is 5.76 Å². The first kappa shape index (κ1) is 25.5. The van der Waals surface area contributed by atoms with Gasteiger partial charge < -0.3 is 19.2 Å². The summed E-state index contributed by atoms with van der Waals surface area (Å²) in [7, 11) is 0. The van der Waals surface area contributed by atoms with Gasteiger partial charge in [-0.1, -0.05) is 52.0 Å². The van der Waals surface area contributed by atoms with E-state index >= 15 is 0 Å². The number of fused-ring (bicyclic) bond motifs is 5. The van der Waals surface area contributed by atoms with E-state index in [9.17, 15) is 19.0 Å². The lowest BCUT2D eigenvalue weighted by Crippen LogP contribution is -2.44. The molecule has 7 heteroatoms. The standard InChI is InChI=1S/C28H35NO5S/c1-6-8-10-18(7-2)29-16-17-11-12-21-27(3,4)13-9-14-28(21,5)22-19-15-20(30)23(31)26(35(32)33)25(19)34-24(17)22/h6-8,10,15-17,21,30-31H,1,9,11-14H2,2-5H3,(H,32,33)/b10-8-,18-7+,29-16?/t17?,21-,28-/m1/s1. The van der Waals surface area contributed by atoms with Crippen LogP contribution in [0, 0.1) is 11.3 Å². The van der Waals surface area contributed by atoms with E-state index in [2.05, 4.69) is 27.4 Å². The summed E-state index contributed by atoms with van der Waals surface area (Å²) in [4.78, 5) is 4.43. The van der Waals surface area contributed by atoms with Crippen molar-refractivity contribution in [1.29, 1.82) is 0 Å². The lowest BCUT2D eigenvalue weighted by atomic mass is 9.53. The Kier molecular flexibility index (Phi) is 6.86. The van der Waals surface area contributed by atoms with Crippen LogP contribution in [0.15, 0.2) is 57.0 Å². The van der Waals surface area contributed by atoms with Gasteiger partial charge in [-0.2, -0.15) is 0 Å². The van der Waals surface area contributed by atoms with Crippen LogP contribution in [0.4, 0.5) is 0 Å². The molecule has 1 saturated carbocycles. The number of hydrogen-bond acceptors (Lipinski definition) is 5. The Morgan fingerprint density at radius 1 is 1.26 bits per heavy atom. The molecule has 35 heavy (non-hydrogen) atoms. The SMILES string of the molecule is C=C/C=C\C(=C/C)N=CC1CC[C@@H]2C(C)(C)CCC[C@@]2(C)c2c1oc1c(S(=O)O)c(O)c(O)cc21. The van der Waals surface area contributed by atoms with Gasteiger partial charge in [-0.15, -0.1) is 0 Å². The normalized spacial score (nSPS) is 27.6. The van der Waals surface area contributed by atoms with Crippen molar-refractivity contribution in [2.45, 2.75) is 76.0 Å². The number of allylic oxidation sites excluding steroid dienone is 4. The van der Waals surface area contributed by atoms with E-state index in [0.717, 1.165) is 43.4 Å². The first-order chi connectivity index (χ1) is 16.5. The molecule has 4 atom stereocenters. The van der Waals surface area contributed by atoms with Crippen LogP contribution in [-0.2, 0) is 16.5 Å². The third-order valence-electron chi connectivity index (χ3n) is 8.10. The van der Waals surface area contributed by atoms with Crippen molar-refractivity contribution in [2.24, 2.45) is 16.3 Å². The van der Waals surface area contributed by atoms with Gasteiger partial charge in [-0.05, 0) is 61.5 Å². The van der Waals surface area contributed by atoms with Gasteiger partial charge in [0, 0.05) is 17.2 Å². The Bertz CT molecular complexity index is 1270. The van der Waals surface area contributed by atoms with Crippen LogP contribution < -0.4 is 0 Å². The second-order valence-electron chi connectivity index (χ2n) is 10.6. The third-order valence-corrected chi connectivity index (χ3v) is 8.83. The molecule has 0 spiro atoms. The smallest absolute Gasteiger partial charge is 0.194 e. The summed E-state index contributed by atoms with van der Waals surface area (Å²) >= 11 is -2.54. The Morgan fingerprint density at radius 3 is 2.66 bits per heavy atom. The number of furan rings is 1. The zero-order chi connectivity index (χ0) is 25.5. The van der Waals surface area contributed by atoms with Gasteiger partial charge in [0.25, 0.3) is 0 Å². The molecule has 4 rings (SSSR count). The number of aliphatic imine (C=N–C) groups is 1. The van der Waals surface area contributed by atoms with E-state index in [0.29, 0.717) is 17.1 Å². The van der Waals surface area contributed by atoms with Crippen LogP contribution in [0.2, 0.25) is 0 Å². The molecule has 6 nitrogen and oxygen atoms in total. The van der Waals surface area contributed by atoms with Crippen LogP contribution in [0.25, 0.3) is 11.0 Å². The van der Waals surface area contributed by atoms with Crippen LogP contribution in [0.5, 0.6) is 11.5 Å². The summed E-state index contributed by atoms with van der Waals surface area (Å²) in [6, 6.07) is 1.48. The molecule has 0 bridgehead atoms. The summed E-state index contributed by atoms with van der Waals surface area (Å²) < 4.78 is 28.5. The molecule has 1 heterocycles. The molecular formula is C28H35NO5S. The molecule has 2 aliphatic rings. The molecule has 0 radical (unpaired) electrons. The maximum Gasteiger partial charge on any atom is 0.194 e. The second-order valence-corrected chi connectivity index (χ2v) is 11.5. The average Bonchev–Trinajstić information content (AvgIpc) is 3.10. The highest BCUT2D eigenvalue weighted by atomic mass is 32.2. The predicted molar refractivity (Wildman–Crippen MR) is 141 cm³/mol. The minimum absolute atomic E-state index is 0.0999. The van der Waals surface area contributed by atoms with Crippen molar-refractivity contribution in [3.05, 3.63) is 54.0 Å². The number of nitrogens with zero attached hydrogens (tertiary/aromatic N) is 1. The van der Waals surface area contributed by atoms with Gasteiger partial charge in [-0.3, -0.25) is 4.99 Å². The van der Waals surface area contributed by atoms with Gasteiger partial charge >= 0.3 is 0 Å². The maximum atomic E-state index is 12.2. The Morgan fingerprint density at radius 2 is 2.00 bits per heavy atom. The molecule has 188 valence electrons. The molecule has 3 N–H and O–H groups in total. The van der Waals surface area contributed by atoms with Crippen LogP contribution in [0.3, 0.4) is 0 Å². The summed E-state index contributed by atoms with van der Waals surface area (Å²) in [5.74, 6) is -0.154. The summed E-state index contributed by atoms with van der Waals surface area (Å²) in [6.07, 6.45) is 14.2. The predicted octanol–water partition coefficient (Wildman–Crippen LogP) is 7.10. The van der Waals surface area contributed by atoms with E-state index in [4.69, 9.17) is 9.41 Å². The van der Waals surface area contributed by atoms with Crippen molar-refractivity contribution in [3.8, 4) is 11.5 Å². The first-order valence-electron chi connectivity index (χ1n) is 12.2. The monoisotopic (exact) mass is 497 g/mol. The fourth-order valence-electron chi connectivity index (χ4n) is 6.52. The van der Waals surface area contributed by atoms with E-state index in [1.54, 1.807) is 6.08 Å². The molecule has 2 aliphatic carbocycles. The fourth-order valence-corrected chi connectivity index (χ4v) is 7.10. The minimum atomic E-state index is -2.54. The molecular weight excluding hydrogens is 462 g/mol. The quantitative estimate of drug-likeness (QED) is 0.177. The Hall–Kier alpha value is -2.64. The molecule has 2 unspecified atom stereocenters. The minimum Gasteiger partial charge on any atom is -0.504 e. The number of rotatable bonds is 5. The highest BCUT2D eigenvalue weighted by molar-refractivity contribution is 7.79. The number of phenolic OH excluding ortho intramolecular Hbond substituents is 2. The highest BCUT2D eigenvalue weighted by Gasteiger charge is 2.52. The van der Waals surface area contributed by atoms with Gasteiger partial charge in [0.15, 0.2) is 33.1 Å². The number of phenols is 2. The average molecular weight is 498 g/mol. The zero-order valence-electron chi connectivity index (χ0n) is 20.9. The third kappa shape index (κ3) is 4.29. The highest BCUT2D eigenvalue weighted by Crippen LogP contribution is 2.60. The van der Waals surface area contributed by atoms with E-state index in [-0.39, 0.29) is 27.2 Å². The van der Waals surface area contributed by atoms with E-state index in [1.165, 1.54) is 6.07 Å². The maximum absolute atomic E-state index is 12.2. The Labute approximate surface area is 209 Å². The van der Waals surface area contributed by atoms with E-state index in [1.807, 2.05) is 31.4 Å². The van der Waals surface area contributed by atoms with Crippen molar-refractivity contribution >= 4 is 28.3 Å². The molecule has 1 fully saturated rings. The number of aromatic hydroxyl groups is 2. The van der Waals surface area contributed by atoms with Crippen molar-refractivity contribution in [3.63, 3.8) is 0 Å². The molecule has 0 saturated heterocycles. The number of benzene rings is 1. The topological polar surface area (TPSA) is 103 Å². The molecule has 0 aliphatic heterocycles. The lowest BCUT2D eigenvalue weighted by Gasteiger charge is -2.50. The fraction of sp³-hybridized carbons (Fsp3) is 0.464. The zero-order valence-corrected chi connectivity index (χ0v) is 21.7. The molecule has 1 aromatic carbocycles. The first-order valence-corrected chi connectivity index (χ1v) is 13.3. The van der Waals surface area contributed by atoms with Crippen molar-refractivity contribution in [2.75, 3.05) is 0 Å². The lowest BCUT2D eigenvalue weighted by molar-refractivity contribution is 0.0507. The van der Waals surface area contributed by atoms with Gasteiger partial charge in [0.2, 0.25) is 0 Å². The van der Waals surface area contributed by atoms with Gasteiger partial charge in [-0.25, -0.2) is 4.21 Å². The number of hydrogen-bond donors (Lipinski definition) is 3. The molecule has 0 amide bonds. The van der Waals surface area contributed by atoms with Crippen LogP contribution >= 0.6 is 0 Å². The van der Waals surface area contributed by atoms with Crippen molar-refractivity contribution < 1.29 is 23.4 Å². The van der Waals surface area contributed by atoms with E-state index < -0.39 is 22.6 Å². The molecule has 2 aromatic rings. The van der Waals surface area contributed by atoms with Crippen molar-refractivity contribution in [1.82, 2.24) is 0 Å². The Balaban J connectivity index is 2.00. The van der Waals surface area contributed by atoms with Gasteiger partial charge in [0.05, 0.1) is 11.6 Å². The van der Waals surface area contributed by atoms with Crippen LogP contribution in [0.1, 0.15) is 77.0 Å². The second kappa shape index (κ2) is 9.43. The summed E-state index contributed by atoms with van der Waals surface area (Å²) in [5, 5.41) is 21.5. The summed E-state index contributed by atoms with van der Waals surface area (Å²) in [5.41, 5.74) is 1.76. The summed E-state index contributed by atoms with van der Waals surface area (Å²) in [6.45, 7) is 12.5. The largest absolute Gasteiger partial charge is 0.504 e.